The Morgan fingerprint density at radius 3 is 2.94 bits per heavy atom. The molecule has 3 N–H and O–H groups in total. The minimum atomic E-state index is -1.07. The number of ether oxygens (including phenoxy) is 1. The fourth-order valence-electron chi connectivity index (χ4n) is 2.22. The van der Waals surface area contributed by atoms with Crippen LogP contribution in [0.15, 0.2) is 24.3 Å². The van der Waals surface area contributed by atoms with E-state index in [0.29, 0.717) is 6.42 Å². The van der Waals surface area contributed by atoms with Crippen LogP contribution in [0.5, 0.6) is 0 Å². The Hall–Kier alpha value is -1.59. The third-order valence-corrected chi connectivity index (χ3v) is 2.89. The molecule has 5 nitrogen and oxygen atoms in total. The number of nitrogens with one attached hydrogen (secondary N) is 1. The third kappa shape index (κ3) is 2.57. The van der Waals surface area contributed by atoms with E-state index < -0.39 is 6.09 Å². The number of aliphatic hydroxyl groups excluding tert-OH is 1. The molecule has 92 valence electrons. The standard InChI is InChI=1S/C12H15NO4/c14-5-6-17-10-7-8-3-1-2-4-9(8)11(10)13-12(15)16/h1-4,10-11,13-14H,5-7H2,(H,15,16)/t10-,11-/m1/s1. The molecule has 0 heterocycles. The quantitative estimate of drug-likeness (QED) is 0.728. The van der Waals surface area contributed by atoms with Gasteiger partial charge in [-0.2, -0.15) is 0 Å². The van der Waals surface area contributed by atoms with Crippen molar-refractivity contribution >= 4 is 6.09 Å². The molecule has 0 bridgehead atoms. The summed E-state index contributed by atoms with van der Waals surface area (Å²) in [6, 6.07) is 7.32. The monoisotopic (exact) mass is 237 g/mol. The van der Waals surface area contributed by atoms with Gasteiger partial charge >= 0.3 is 6.09 Å². The molecule has 1 aliphatic rings. The number of aliphatic hydroxyl groups is 1. The van der Waals surface area contributed by atoms with Crippen LogP contribution in [-0.4, -0.2) is 35.6 Å². The lowest BCUT2D eigenvalue weighted by Crippen LogP contribution is -2.34. The van der Waals surface area contributed by atoms with E-state index in [1.807, 2.05) is 24.3 Å². The Bertz CT molecular complexity index is 407. The second-order valence-corrected chi connectivity index (χ2v) is 3.96. The number of carboxylic acid groups (broad SMARTS) is 1. The minimum absolute atomic E-state index is 0.0629. The molecule has 0 saturated carbocycles. The van der Waals surface area contributed by atoms with E-state index in [1.165, 1.54) is 0 Å². The topological polar surface area (TPSA) is 78.8 Å². The molecule has 1 aliphatic carbocycles. The Labute approximate surface area is 99.0 Å². The molecule has 1 aromatic rings. The van der Waals surface area contributed by atoms with E-state index in [1.54, 1.807) is 0 Å². The van der Waals surface area contributed by atoms with Crippen molar-refractivity contribution in [2.75, 3.05) is 13.2 Å². The van der Waals surface area contributed by atoms with Crippen LogP contribution >= 0.6 is 0 Å². The second kappa shape index (κ2) is 5.16. The highest BCUT2D eigenvalue weighted by Gasteiger charge is 2.33. The van der Waals surface area contributed by atoms with Crippen molar-refractivity contribution in [1.82, 2.24) is 5.32 Å². The maximum atomic E-state index is 10.8. The van der Waals surface area contributed by atoms with Gasteiger partial charge in [-0.05, 0) is 11.1 Å². The number of fused-ring (bicyclic) bond motifs is 1. The van der Waals surface area contributed by atoms with Gasteiger partial charge in [0.15, 0.2) is 0 Å². The number of hydrogen-bond acceptors (Lipinski definition) is 3. The van der Waals surface area contributed by atoms with Gasteiger partial charge in [0.2, 0.25) is 0 Å². The summed E-state index contributed by atoms with van der Waals surface area (Å²) in [6.07, 6.45) is -0.638. The van der Waals surface area contributed by atoms with Gasteiger partial charge in [-0.3, -0.25) is 0 Å². The van der Waals surface area contributed by atoms with Gasteiger partial charge in [0.05, 0.1) is 25.4 Å². The highest BCUT2D eigenvalue weighted by atomic mass is 16.5. The van der Waals surface area contributed by atoms with Gasteiger partial charge in [0, 0.05) is 6.42 Å². The van der Waals surface area contributed by atoms with Gasteiger partial charge in [0.25, 0.3) is 0 Å². The summed E-state index contributed by atoms with van der Waals surface area (Å²) in [5.74, 6) is 0. The lowest BCUT2D eigenvalue weighted by atomic mass is 10.1. The van der Waals surface area contributed by atoms with Crippen molar-refractivity contribution in [2.45, 2.75) is 18.6 Å². The van der Waals surface area contributed by atoms with Crippen molar-refractivity contribution in [2.24, 2.45) is 0 Å². The molecule has 2 rings (SSSR count). The Morgan fingerprint density at radius 1 is 1.47 bits per heavy atom. The first-order valence-corrected chi connectivity index (χ1v) is 5.52. The van der Waals surface area contributed by atoms with Crippen LogP contribution in [0.25, 0.3) is 0 Å². The first-order chi connectivity index (χ1) is 8.22. The zero-order valence-electron chi connectivity index (χ0n) is 9.30. The predicted octanol–water partition coefficient (Wildman–Crippen LogP) is 0.929. The van der Waals surface area contributed by atoms with Crippen LogP contribution < -0.4 is 5.32 Å². The maximum absolute atomic E-state index is 10.8. The predicted molar refractivity (Wildman–Crippen MR) is 60.9 cm³/mol. The lowest BCUT2D eigenvalue weighted by molar-refractivity contribution is 0.0145. The molecule has 1 aromatic carbocycles. The normalized spacial score (nSPS) is 22.2. The number of benzene rings is 1. The summed E-state index contributed by atoms with van der Waals surface area (Å²) >= 11 is 0. The Kier molecular flexibility index (Phi) is 3.61. The summed E-state index contributed by atoms with van der Waals surface area (Å²) in [4.78, 5) is 10.8. The van der Waals surface area contributed by atoms with Crippen LogP contribution in [-0.2, 0) is 11.2 Å². The first-order valence-electron chi connectivity index (χ1n) is 5.52. The summed E-state index contributed by atoms with van der Waals surface area (Å²) in [7, 11) is 0. The van der Waals surface area contributed by atoms with Gasteiger partial charge < -0.3 is 20.3 Å². The molecule has 5 heteroatoms. The van der Waals surface area contributed by atoms with Crippen LogP contribution in [0.4, 0.5) is 4.79 Å². The van der Waals surface area contributed by atoms with Crippen molar-refractivity contribution in [1.29, 1.82) is 0 Å². The van der Waals surface area contributed by atoms with E-state index in [9.17, 15) is 4.79 Å². The molecular formula is C12H15NO4. The van der Waals surface area contributed by atoms with E-state index >= 15 is 0 Å². The minimum Gasteiger partial charge on any atom is -0.465 e. The van der Waals surface area contributed by atoms with Crippen LogP contribution in [0, 0.1) is 0 Å². The van der Waals surface area contributed by atoms with Crippen molar-refractivity contribution in [3.05, 3.63) is 35.4 Å². The molecule has 0 aliphatic heterocycles. The lowest BCUT2D eigenvalue weighted by Gasteiger charge is -2.20. The van der Waals surface area contributed by atoms with Crippen molar-refractivity contribution in [3.63, 3.8) is 0 Å². The number of carbonyl (C=O) groups is 1. The molecular weight excluding hydrogens is 222 g/mol. The second-order valence-electron chi connectivity index (χ2n) is 3.96. The molecule has 0 fully saturated rings. The molecule has 17 heavy (non-hydrogen) atoms. The highest BCUT2D eigenvalue weighted by Crippen LogP contribution is 2.33. The fourth-order valence-corrected chi connectivity index (χ4v) is 2.22. The fraction of sp³-hybridized carbons (Fsp3) is 0.417. The average Bonchev–Trinajstić information content (AvgIpc) is 2.64. The molecule has 0 aromatic heterocycles. The summed E-state index contributed by atoms with van der Waals surface area (Å²) < 4.78 is 5.47. The largest absolute Gasteiger partial charge is 0.465 e. The van der Waals surface area contributed by atoms with Gasteiger partial charge in [-0.15, -0.1) is 0 Å². The van der Waals surface area contributed by atoms with E-state index in [2.05, 4.69) is 5.32 Å². The smallest absolute Gasteiger partial charge is 0.405 e. The zero-order valence-corrected chi connectivity index (χ0v) is 9.30. The van der Waals surface area contributed by atoms with E-state index in [-0.39, 0.29) is 25.4 Å². The zero-order chi connectivity index (χ0) is 12.3. The van der Waals surface area contributed by atoms with E-state index in [4.69, 9.17) is 14.9 Å². The molecule has 0 radical (unpaired) electrons. The number of hydrogen-bond donors (Lipinski definition) is 3. The maximum Gasteiger partial charge on any atom is 0.405 e. The summed E-state index contributed by atoms with van der Waals surface area (Å²) in [6.45, 7) is 0.156. The third-order valence-electron chi connectivity index (χ3n) is 2.89. The number of amides is 1. The van der Waals surface area contributed by atoms with Crippen LogP contribution in [0.2, 0.25) is 0 Å². The van der Waals surface area contributed by atoms with Crippen LogP contribution in [0.3, 0.4) is 0 Å². The molecule has 1 amide bonds. The van der Waals surface area contributed by atoms with Crippen molar-refractivity contribution < 1.29 is 19.7 Å². The Balaban J connectivity index is 2.17. The van der Waals surface area contributed by atoms with Gasteiger partial charge in [-0.1, -0.05) is 24.3 Å². The van der Waals surface area contributed by atoms with Crippen LogP contribution in [0.1, 0.15) is 17.2 Å². The highest BCUT2D eigenvalue weighted by molar-refractivity contribution is 5.66. The SMILES string of the molecule is O=C(O)N[C@@H]1c2ccccc2C[C@H]1OCCO. The molecule has 2 atom stereocenters. The Morgan fingerprint density at radius 2 is 2.24 bits per heavy atom. The summed E-state index contributed by atoms with van der Waals surface area (Å²) in [5.41, 5.74) is 2.05. The summed E-state index contributed by atoms with van der Waals surface area (Å²) in [5, 5.41) is 20.0. The van der Waals surface area contributed by atoms with E-state index in [0.717, 1.165) is 11.1 Å². The van der Waals surface area contributed by atoms with Crippen molar-refractivity contribution in [3.8, 4) is 0 Å². The molecule has 0 unspecified atom stereocenters. The number of rotatable bonds is 4. The molecule has 0 saturated heterocycles. The molecule has 0 spiro atoms. The van der Waals surface area contributed by atoms with Gasteiger partial charge in [0.1, 0.15) is 0 Å². The average molecular weight is 237 g/mol. The first kappa shape index (κ1) is 11.9. The van der Waals surface area contributed by atoms with Gasteiger partial charge in [-0.25, -0.2) is 4.79 Å².